The molecule has 3 rings (SSSR count). The molecule has 158 valence electrons. The Kier molecular flexibility index (Phi) is 6.50. The molecule has 0 aromatic heterocycles. The van der Waals surface area contributed by atoms with Gasteiger partial charge in [-0.1, -0.05) is 88.2 Å². The Morgan fingerprint density at radius 3 is 2.03 bits per heavy atom. The monoisotopic (exact) mass is 457 g/mol. The third kappa shape index (κ3) is 4.88. The number of hydrogen-bond donors (Lipinski definition) is 1. The molecule has 29 heavy (non-hydrogen) atoms. The van der Waals surface area contributed by atoms with Gasteiger partial charge in [-0.05, 0) is 65.6 Å². The molecule has 0 bridgehead atoms. The average Bonchev–Trinajstić information content (AvgIpc) is 2.64. The lowest BCUT2D eigenvalue weighted by atomic mass is 9.77. The van der Waals surface area contributed by atoms with Crippen molar-refractivity contribution in [3.63, 3.8) is 0 Å². The molecule has 1 N–H and O–H groups in total. The van der Waals surface area contributed by atoms with Crippen LogP contribution < -0.4 is 0 Å². The highest BCUT2D eigenvalue weighted by Gasteiger charge is 2.32. The molecule has 1 unspecified atom stereocenters. The summed E-state index contributed by atoms with van der Waals surface area (Å²) in [4.78, 5) is 2.55. The zero-order valence-corrected chi connectivity index (χ0v) is 20.4. The van der Waals surface area contributed by atoms with Gasteiger partial charge in [-0.15, -0.1) is 0 Å². The molecule has 2 nitrogen and oxygen atoms in total. The number of nitrogens with zero attached hydrogens (tertiary/aromatic N) is 1. The Labute approximate surface area is 185 Å². The minimum Gasteiger partial charge on any atom is -0.507 e. The normalized spacial score (nSPS) is 17.3. The van der Waals surface area contributed by atoms with Gasteiger partial charge in [0.1, 0.15) is 5.75 Å². The average molecular weight is 458 g/mol. The van der Waals surface area contributed by atoms with E-state index in [-0.39, 0.29) is 16.9 Å². The van der Waals surface area contributed by atoms with Crippen molar-refractivity contribution in [2.75, 3.05) is 13.1 Å². The molecule has 2 aromatic carbocycles. The number of aromatic hydroxyl groups is 1. The number of hydrogen-bond acceptors (Lipinski definition) is 2. The van der Waals surface area contributed by atoms with Crippen molar-refractivity contribution in [1.29, 1.82) is 0 Å². The van der Waals surface area contributed by atoms with E-state index in [4.69, 9.17) is 0 Å². The second kappa shape index (κ2) is 8.43. The lowest BCUT2D eigenvalue weighted by Crippen LogP contribution is -2.35. The summed E-state index contributed by atoms with van der Waals surface area (Å²) < 4.78 is 1.11. The van der Waals surface area contributed by atoms with Crippen LogP contribution in [0.4, 0.5) is 0 Å². The zero-order valence-electron chi connectivity index (χ0n) is 18.8. The summed E-state index contributed by atoms with van der Waals surface area (Å²) in [6, 6.07) is 13.0. The predicted octanol–water partition coefficient (Wildman–Crippen LogP) is 7.33. The molecule has 3 heteroatoms. The van der Waals surface area contributed by atoms with Crippen molar-refractivity contribution in [3.8, 4) is 5.75 Å². The Morgan fingerprint density at radius 2 is 1.48 bits per heavy atom. The van der Waals surface area contributed by atoms with Gasteiger partial charge in [0.15, 0.2) is 0 Å². The number of likely N-dealkylation sites (tertiary alicyclic amines) is 1. The van der Waals surface area contributed by atoms with Crippen LogP contribution in [0.15, 0.2) is 40.9 Å². The Bertz CT molecular complexity index is 854. The largest absolute Gasteiger partial charge is 0.507 e. The van der Waals surface area contributed by atoms with Crippen molar-refractivity contribution in [2.45, 2.75) is 77.7 Å². The van der Waals surface area contributed by atoms with Crippen molar-refractivity contribution in [3.05, 3.63) is 63.1 Å². The van der Waals surface area contributed by atoms with Gasteiger partial charge in [0.25, 0.3) is 0 Å². The van der Waals surface area contributed by atoms with E-state index in [0.29, 0.717) is 5.75 Å². The fraction of sp³-hybridized carbons (Fsp3) is 0.538. The summed E-state index contributed by atoms with van der Waals surface area (Å²) in [6.45, 7) is 15.5. The first-order valence-corrected chi connectivity index (χ1v) is 11.7. The van der Waals surface area contributed by atoms with E-state index in [1.165, 1.54) is 30.4 Å². The van der Waals surface area contributed by atoms with Crippen LogP contribution >= 0.6 is 15.9 Å². The van der Waals surface area contributed by atoms with Gasteiger partial charge in [-0.2, -0.15) is 0 Å². The number of benzene rings is 2. The topological polar surface area (TPSA) is 23.5 Å². The van der Waals surface area contributed by atoms with Gasteiger partial charge in [-0.25, -0.2) is 0 Å². The Hall–Kier alpha value is -1.32. The fourth-order valence-electron chi connectivity index (χ4n) is 4.30. The van der Waals surface area contributed by atoms with Gasteiger partial charge in [0, 0.05) is 10.0 Å². The number of phenols is 1. The molecule has 1 aliphatic heterocycles. The van der Waals surface area contributed by atoms with Crippen LogP contribution in [0.1, 0.15) is 89.1 Å². The second-order valence-electron chi connectivity index (χ2n) is 10.5. The molecule has 1 heterocycles. The SMILES string of the molecule is CC(C)(C)c1cc(C(c2ccccc2Br)N2CCCCC2)c(O)c(C(C)(C)C)c1. The lowest BCUT2D eigenvalue weighted by molar-refractivity contribution is 0.184. The molecule has 2 aromatic rings. The van der Waals surface area contributed by atoms with Gasteiger partial charge in [0.2, 0.25) is 0 Å². The smallest absolute Gasteiger partial charge is 0.124 e. The van der Waals surface area contributed by atoms with E-state index in [1.807, 2.05) is 0 Å². The maximum atomic E-state index is 11.5. The summed E-state index contributed by atoms with van der Waals surface area (Å²) in [5.41, 5.74) is 4.48. The highest BCUT2D eigenvalue weighted by Crippen LogP contribution is 2.45. The number of halogens is 1. The Morgan fingerprint density at radius 1 is 0.862 bits per heavy atom. The minimum absolute atomic E-state index is 0.0167. The molecule has 1 aliphatic rings. The first kappa shape index (κ1) is 22.4. The number of rotatable bonds is 3. The van der Waals surface area contributed by atoms with Crippen molar-refractivity contribution < 1.29 is 5.11 Å². The first-order valence-electron chi connectivity index (χ1n) is 10.9. The molecular weight excluding hydrogens is 422 g/mol. The molecule has 1 saturated heterocycles. The predicted molar refractivity (Wildman–Crippen MR) is 127 cm³/mol. The number of piperidine rings is 1. The third-order valence-electron chi connectivity index (χ3n) is 6.06. The van der Waals surface area contributed by atoms with Crippen LogP contribution in [0.25, 0.3) is 0 Å². The summed E-state index contributed by atoms with van der Waals surface area (Å²) in [7, 11) is 0. The maximum Gasteiger partial charge on any atom is 0.124 e. The van der Waals surface area contributed by atoms with E-state index in [9.17, 15) is 5.11 Å². The van der Waals surface area contributed by atoms with Crippen LogP contribution in [0, 0.1) is 0 Å². The van der Waals surface area contributed by atoms with Crippen LogP contribution in [-0.2, 0) is 10.8 Å². The third-order valence-corrected chi connectivity index (χ3v) is 6.79. The minimum atomic E-state index is -0.125. The first-order chi connectivity index (χ1) is 13.5. The van der Waals surface area contributed by atoms with Crippen LogP contribution in [0.5, 0.6) is 5.75 Å². The van der Waals surface area contributed by atoms with E-state index in [0.717, 1.165) is 28.7 Å². The highest BCUT2D eigenvalue weighted by atomic mass is 79.9. The van der Waals surface area contributed by atoms with Gasteiger partial charge < -0.3 is 5.11 Å². The van der Waals surface area contributed by atoms with Crippen molar-refractivity contribution >= 4 is 15.9 Å². The highest BCUT2D eigenvalue weighted by molar-refractivity contribution is 9.10. The van der Waals surface area contributed by atoms with Crippen LogP contribution in [0.3, 0.4) is 0 Å². The zero-order chi connectivity index (χ0) is 21.4. The molecule has 0 saturated carbocycles. The fourth-order valence-corrected chi connectivity index (χ4v) is 4.81. The van der Waals surface area contributed by atoms with E-state index < -0.39 is 0 Å². The summed E-state index contributed by atoms with van der Waals surface area (Å²) in [5, 5.41) is 11.5. The van der Waals surface area contributed by atoms with Crippen LogP contribution in [0.2, 0.25) is 0 Å². The summed E-state index contributed by atoms with van der Waals surface area (Å²) in [5.74, 6) is 0.455. The second-order valence-corrected chi connectivity index (χ2v) is 11.3. The molecule has 0 amide bonds. The van der Waals surface area contributed by atoms with Crippen LogP contribution in [-0.4, -0.2) is 23.1 Å². The molecule has 1 atom stereocenters. The van der Waals surface area contributed by atoms with Gasteiger partial charge in [0.05, 0.1) is 6.04 Å². The molecule has 0 spiro atoms. The molecule has 0 radical (unpaired) electrons. The summed E-state index contributed by atoms with van der Waals surface area (Å²) >= 11 is 3.79. The van der Waals surface area contributed by atoms with E-state index in [1.54, 1.807) is 0 Å². The van der Waals surface area contributed by atoms with E-state index >= 15 is 0 Å². The van der Waals surface area contributed by atoms with E-state index in [2.05, 4.69) is 98.8 Å². The lowest BCUT2D eigenvalue weighted by Gasteiger charge is -2.38. The maximum absolute atomic E-state index is 11.5. The van der Waals surface area contributed by atoms with Gasteiger partial charge in [-0.3, -0.25) is 4.90 Å². The molecule has 0 aliphatic carbocycles. The Balaban J connectivity index is 2.28. The standard InChI is InChI=1S/C26H36BrNO/c1-25(2,3)18-16-20(24(29)21(17-18)26(4,5)6)23(28-14-10-7-11-15-28)19-12-8-9-13-22(19)27/h8-9,12-13,16-17,23,29H,7,10-11,14-15H2,1-6H3. The summed E-state index contributed by atoms with van der Waals surface area (Å²) in [6.07, 6.45) is 3.72. The quantitative estimate of drug-likeness (QED) is 0.521. The molecular formula is C26H36BrNO. The molecule has 1 fully saturated rings. The number of phenolic OH excluding ortho intramolecular Hbond substituents is 1. The van der Waals surface area contributed by atoms with Crippen molar-refractivity contribution in [2.24, 2.45) is 0 Å². The van der Waals surface area contributed by atoms with Crippen molar-refractivity contribution in [1.82, 2.24) is 4.90 Å². The van der Waals surface area contributed by atoms with Gasteiger partial charge >= 0.3 is 0 Å².